The molecular weight excluding hydrogens is 200 g/mol. The summed E-state index contributed by atoms with van der Waals surface area (Å²) < 4.78 is 1.88. The smallest absolute Gasteiger partial charge is 0.121 e. The zero-order valence-corrected chi connectivity index (χ0v) is 10.3. The van der Waals surface area contributed by atoms with E-state index in [-0.39, 0.29) is 6.04 Å². The van der Waals surface area contributed by atoms with Gasteiger partial charge in [-0.2, -0.15) is 5.26 Å². The zero-order chi connectivity index (χ0) is 12.0. The number of rotatable bonds is 6. The molecule has 0 aliphatic heterocycles. The molecule has 1 atom stereocenters. The molecule has 0 radical (unpaired) electrons. The lowest BCUT2D eigenvalue weighted by atomic mass is 10.2. The lowest BCUT2D eigenvalue weighted by Gasteiger charge is -2.06. The fraction of sp³-hybridized carbons (Fsp3) is 0.667. The molecule has 0 saturated heterocycles. The SMILES string of the molecule is CCC(C#N)n1cnc(CNCC(C)C)c1. The molecule has 1 aromatic heterocycles. The third kappa shape index (κ3) is 3.67. The van der Waals surface area contributed by atoms with Gasteiger partial charge in [0.25, 0.3) is 0 Å². The number of aromatic nitrogens is 2. The number of hydrogen-bond acceptors (Lipinski definition) is 3. The summed E-state index contributed by atoms with van der Waals surface area (Å²) in [6, 6.07) is 2.17. The predicted molar refractivity (Wildman–Crippen MR) is 63.7 cm³/mol. The Balaban J connectivity index is 2.48. The van der Waals surface area contributed by atoms with E-state index < -0.39 is 0 Å². The minimum Gasteiger partial charge on any atom is -0.321 e. The highest BCUT2D eigenvalue weighted by molar-refractivity contribution is 5.01. The number of nitrogens with one attached hydrogen (secondary N) is 1. The van der Waals surface area contributed by atoms with Crippen molar-refractivity contribution in [3.05, 3.63) is 18.2 Å². The van der Waals surface area contributed by atoms with Crippen LogP contribution in [0.5, 0.6) is 0 Å². The van der Waals surface area contributed by atoms with Gasteiger partial charge in [0.1, 0.15) is 6.04 Å². The van der Waals surface area contributed by atoms with Crippen LogP contribution in [-0.4, -0.2) is 16.1 Å². The van der Waals surface area contributed by atoms with Crippen LogP contribution in [0, 0.1) is 17.2 Å². The van der Waals surface area contributed by atoms with Gasteiger partial charge >= 0.3 is 0 Å². The monoisotopic (exact) mass is 220 g/mol. The Morgan fingerprint density at radius 1 is 1.56 bits per heavy atom. The highest BCUT2D eigenvalue weighted by atomic mass is 15.1. The normalized spacial score (nSPS) is 12.7. The van der Waals surface area contributed by atoms with Gasteiger partial charge in [-0.05, 0) is 18.9 Å². The Kier molecular flexibility index (Phi) is 5.00. The summed E-state index contributed by atoms with van der Waals surface area (Å²) in [6.07, 6.45) is 4.50. The molecule has 0 aromatic carbocycles. The lowest BCUT2D eigenvalue weighted by molar-refractivity contribution is 0.548. The molecule has 1 aromatic rings. The van der Waals surface area contributed by atoms with E-state index in [2.05, 4.69) is 30.2 Å². The van der Waals surface area contributed by atoms with Crippen LogP contribution in [0.1, 0.15) is 38.9 Å². The maximum atomic E-state index is 8.92. The Bertz CT molecular complexity index is 348. The highest BCUT2D eigenvalue weighted by Crippen LogP contribution is 2.10. The molecule has 0 amide bonds. The average molecular weight is 220 g/mol. The summed E-state index contributed by atoms with van der Waals surface area (Å²) in [7, 11) is 0. The molecule has 1 N–H and O–H groups in total. The minimum atomic E-state index is -0.0913. The Morgan fingerprint density at radius 2 is 2.31 bits per heavy atom. The van der Waals surface area contributed by atoms with Crippen LogP contribution in [-0.2, 0) is 6.54 Å². The third-order valence-corrected chi connectivity index (χ3v) is 2.41. The average Bonchev–Trinajstić information content (AvgIpc) is 2.68. The van der Waals surface area contributed by atoms with Crippen LogP contribution in [0.15, 0.2) is 12.5 Å². The van der Waals surface area contributed by atoms with Gasteiger partial charge in [0.05, 0.1) is 18.1 Å². The van der Waals surface area contributed by atoms with Crippen molar-refractivity contribution in [3.8, 4) is 6.07 Å². The maximum absolute atomic E-state index is 8.92. The van der Waals surface area contributed by atoms with Crippen molar-refractivity contribution in [3.63, 3.8) is 0 Å². The van der Waals surface area contributed by atoms with Crippen LogP contribution >= 0.6 is 0 Å². The first-order chi connectivity index (χ1) is 7.67. The van der Waals surface area contributed by atoms with E-state index >= 15 is 0 Å². The van der Waals surface area contributed by atoms with Gasteiger partial charge in [-0.1, -0.05) is 20.8 Å². The van der Waals surface area contributed by atoms with E-state index in [9.17, 15) is 0 Å². The summed E-state index contributed by atoms with van der Waals surface area (Å²) in [5.74, 6) is 0.643. The van der Waals surface area contributed by atoms with Gasteiger partial charge in [-0.3, -0.25) is 0 Å². The molecular formula is C12H20N4. The van der Waals surface area contributed by atoms with Crippen molar-refractivity contribution in [1.29, 1.82) is 5.26 Å². The van der Waals surface area contributed by atoms with Gasteiger partial charge in [-0.15, -0.1) is 0 Å². The summed E-state index contributed by atoms with van der Waals surface area (Å²) in [5.41, 5.74) is 0.995. The van der Waals surface area contributed by atoms with Gasteiger partial charge < -0.3 is 9.88 Å². The molecule has 0 bridgehead atoms. The van der Waals surface area contributed by atoms with E-state index in [0.717, 1.165) is 25.2 Å². The fourth-order valence-corrected chi connectivity index (χ4v) is 1.50. The van der Waals surface area contributed by atoms with Gasteiger partial charge in [0.2, 0.25) is 0 Å². The first kappa shape index (κ1) is 12.7. The van der Waals surface area contributed by atoms with Crippen molar-refractivity contribution in [2.24, 2.45) is 5.92 Å². The summed E-state index contributed by atoms with van der Waals surface area (Å²) in [4.78, 5) is 4.28. The van der Waals surface area contributed by atoms with E-state index in [1.165, 1.54) is 0 Å². The summed E-state index contributed by atoms with van der Waals surface area (Å²) in [5, 5.41) is 12.3. The number of hydrogen-bond donors (Lipinski definition) is 1. The van der Waals surface area contributed by atoms with Crippen LogP contribution in [0.4, 0.5) is 0 Å². The van der Waals surface area contributed by atoms with Crippen molar-refractivity contribution in [2.75, 3.05) is 6.54 Å². The number of nitriles is 1. The predicted octanol–water partition coefficient (Wildman–Crippen LogP) is 2.10. The van der Waals surface area contributed by atoms with Crippen molar-refractivity contribution >= 4 is 0 Å². The quantitative estimate of drug-likeness (QED) is 0.798. The lowest BCUT2D eigenvalue weighted by Crippen LogP contribution is -2.19. The van der Waals surface area contributed by atoms with E-state index in [4.69, 9.17) is 5.26 Å². The summed E-state index contributed by atoms with van der Waals surface area (Å²) in [6.45, 7) is 8.11. The Morgan fingerprint density at radius 3 is 2.88 bits per heavy atom. The molecule has 0 aliphatic rings. The van der Waals surface area contributed by atoms with Crippen LogP contribution in [0.2, 0.25) is 0 Å². The molecule has 0 saturated carbocycles. The summed E-state index contributed by atoms with van der Waals surface area (Å²) >= 11 is 0. The van der Waals surface area contributed by atoms with Crippen LogP contribution in [0.3, 0.4) is 0 Å². The number of nitrogens with zero attached hydrogens (tertiary/aromatic N) is 3. The van der Waals surface area contributed by atoms with E-state index in [1.807, 2.05) is 17.7 Å². The second-order valence-electron chi connectivity index (χ2n) is 4.39. The molecule has 16 heavy (non-hydrogen) atoms. The molecule has 1 unspecified atom stereocenters. The van der Waals surface area contributed by atoms with Crippen LogP contribution < -0.4 is 5.32 Å². The molecule has 1 heterocycles. The molecule has 4 nitrogen and oxygen atoms in total. The van der Waals surface area contributed by atoms with Crippen LogP contribution in [0.25, 0.3) is 0 Å². The molecule has 0 spiro atoms. The zero-order valence-electron chi connectivity index (χ0n) is 10.3. The number of imidazole rings is 1. The van der Waals surface area contributed by atoms with Crippen molar-refractivity contribution < 1.29 is 0 Å². The van der Waals surface area contributed by atoms with Gasteiger partial charge in [-0.25, -0.2) is 4.98 Å². The first-order valence-electron chi connectivity index (χ1n) is 5.80. The van der Waals surface area contributed by atoms with E-state index in [1.54, 1.807) is 6.33 Å². The molecule has 1 rings (SSSR count). The van der Waals surface area contributed by atoms with Crippen molar-refractivity contribution in [2.45, 2.75) is 39.8 Å². The second-order valence-corrected chi connectivity index (χ2v) is 4.39. The topological polar surface area (TPSA) is 53.6 Å². The third-order valence-electron chi connectivity index (χ3n) is 2.41. The molecule has 0 aliphatic carbocycles. The molecule has 88 valence electrons. The van der Waals surface area contributed by atoms with Gasteiger partial charge in [0, 0.05) is 12.7 Å². The minimum absolute atomic E-state index is 0.0913. The largest absolute Gasteiger partial charge is 0.321 e. The Labute approximate surface area is 97.3 Å². The molecule has 4 heteroatoms. The standard InChI is InChI=1S/C12H20N4/c1-4-12(5-13)16-8-11(15-9-16)7-14-6-10(2)3/h8-10,12,14H,4,6-7H2,1-3H3. The highest BCUT2D eigenvalue weighted by Gasteiger charge is 2.07. The maximum Gasteiger partial charge on any atom is 0.121 e. The Hall–Kier alpha value is -1.34. The first-order valence-corrected chi connectivity index (χ1v) is 5.80. The second kappa shape index (κ2) is 6.29. The van der Waals surface area contributed by atoms with Gasteiger partial charge in [0.15, 0.2) is 0 Å². The molecule has 0 fully saturated rings. The van der Waals surface area contributed by atoms with E-state index in [0.29, 0.717) is 5.92 Å². The van der Waals surface area contributed by atoms with Crippen molar-refractivity contribution in [1.82, 2.24) is 14.9 Å². The fourth-order valence-electron chi connectivity index (χ4n) is 1.50.